The summed E-state index contributed by atoms with van der Waals surface area (Å²) in [6, 6.07) is 10.2. The number of hydrogen-bond acceptors (Lipinski definition) is 5. The number of amides is 1. The largest absolute Gasteiger partial charge is 0.476 e. The van der Waals surface area contributed by atoms with Crippen LogP contribution in [0.4, 0.5) is 0 Å². The number of hydrogen-bond donors (Lipinski definition) is 2. The summed E-state index contributed by atoms with van der Waals surface area (Å²) < 4.78 is 1.33. The summed E-state index contributed by atoms with van der Waals surface area (Å²) in [5.74, 6) is -1.58. The van der Waals surface area contributed by atoms with E-state index in [0.717, 1.165) is 9.88 Å². The Bertz CT molecular complexity index is 886. The van der Waals surface area contributed by atoms with E-state index < -0.39 is 11.9 Å². The average Bonchev–Trinajstić information content (AvgIpc) is 3.20. The van der Waals surface area contributed by atoms with Crippen molar-refractivity contribution in [2.75, 3.05) is 0 Å². The van der Waals surface area contributed by atoms with Gasteiger partial charge in [-0.1, -0.05) is 18.2 Å². The second-order valence-electron chi connectivity index (χ2n) is 5.00. The summed E-state index contributed by atoms with van der Waals surface area (Å²) in [4.78, 5) is 28.7. The number of carbonyl (C=O) groups excluding carboxylic acids is 1. The van der Waals surface area contributed by atoms with Gasteiger partial charge < -0.3 is 10.4 Å². The summed E-state index contributed by atoms with van der Waals surface area (Å²) in [5.41, 5.74) is 0.598. The van der Waals surface area contributed by atoms with Crippen LogP contribution in [0.5, 0.6) is 0 Å². The van der Waals surface area contributed by atoms with Crippen molar-refractivity contribution >= 4 is 23.2 Å². The van der Waals surface area contributed by atoms with Crippen LogP contribution in [0.15, 0.2) is 42.6 Å². The van der Waals surface area contributed by atoms with E-state index in [1.807, 2.05) is 13.0 Å². The lowest BCUT2D eigenvalue weighted by Gasteiger charge is -2.07. The fourth-order valence-electron chi connectivity index (χ4n) is 2.16. The van der Waals surface area contributed by atoms with Crippen LogP contribution in [0.3, 0.4) is 0 Å². The molecule has 0 saturated heterocycles. The van der Waals surface area contributed by atoms with Crippen LogP contribution in [0.25, 0.3) is 5.69 Å². The second-order valence-corrected chi connectivity index (χ2v) is 6.31. The Balaban J connectivity index is 1.88. The molecule has 2 N–H and O–H groups in total. The van der Waals surface area contributed by atoms with Gasteiger partial charge in [0.25, 0.3) is 5.91 Å². The molecule has 0 unspecified atom stereocenters. The van der Waals surface area contributed by atoms with Gasteiger partial charge in [0, 0.05) is 17.1 Å². The molecule has 0 atom stereocenters. The van der Waals surface area contributed by atoms with E-state index >= 15 is 0 Å². The Morgan fingerprint density at radius 3 is 2.67 bits per heavy atom. The highest BCUT2D eigenvalue weighted by molar-refractivity contribution is 7.11. The van der Waals surface area contributed by atoms with Gasteiger partial charge >= 0.3 is 5.97 Å². The molecule has 0 saturated carbocycles. The number of nitrogens with zero attached hydrogens (tertiary/aromatic N) is 3. The molecule has 2 aromatic heterocycles. The van der Waals surface area contributed by atoms with Gasteiger partial charge in [0.05, 0.1) is 17.2 Å². The molecule has 1 aromatic carbocycles. The molecule has 24 heavy (non-hydrogen) atoms. The summed E-state index contributed by atoms with van der Waals surface area (Å²) in [5, 5.41) is 16.8. The number of carboxylic acid groups (broad SMARTS) is 1. The third-order valence-electron chi connectivity index (χ3n) is 3.25. The first-order chi connectivity index (χ1) is 11.5. The van der Waals surface area contributed by atoms with Crippen LogP contribution >= 0.6 is 11.3 Å². The third kappa shape index (κ3) is 3.33. The van der Waals surface area contributed by atoms with E-state index in [2.05, 4.69) is 15.4 Å². The van der Waals surface area contributed by atoms with Gasteiger partial charge in [0.15, 0.2) is 5.69 Å². The topological polar surface area (TPSA) is 97.1 Å². The van der Waals surface area contributed by atoms with Crippen molar-refractivity contribution in [2.45, 2.75) is 13.5 Å². The fourth-order valence-corrected chi connectivity index (χ4v) is 2.89. The molecule has 1 amide bonds. The minimum Gasteiger partial charge on any atom is -0.476 e. The van der Waals surface area contributed by atoms with Crippen molar-refractivity contribution in [3.8, 4) is 5.69 Å². The van der Waals surface area contributed by atoms with Gasteiger partial charge in [0.1, 0.15) is 5.69 Å². The molecule has 7 nitrogen and oxygen atoms in total. The number of nitrogens with one attached hydrogen (secondary N) is 1. The smallest absolute Gasteiger partial charge is 0.356 e. The lowest BCUT2D eigenvalue weighted by molar-refractivity contribution is 0.0689. The first-order valence-electron chi connectivity index (χ1n) is 7.13. The predicted octanol–water partition coefficient (Wildman–Crippen LogP) is 2.27. The first kappa shape index (κ1) is 15.9. The average molecular weight is 342 g/mol. The van der Waals surface area contributed by atoms with Crippen molar-refractivity contribution in [1.82, 2.24) is 20.1 Å². The highest BCUT2D eigenvalue weighted by atomic mass is 32.1. The van der Waals surface area contributed by atoms with E-state index in [1.165, 1.54) is 22.1 Å². The minimum absolute atomic E-state index is 0.167. The molecule has 8 heteroatoms. The molecule has 3 rings (SSSR count). The third-order valence-corrected chi connectivity index (χ3v) is 4.17. The second kappa shape index (κ2) is 6.63. The number of benzene rings is 1. The number of para-hydroxylation sites is 1. The number of aromatic carboxylic acids is 1. The van der Waals surface area contributed by atoms with E-state index in [4.69, 9.17) is 5.11 Å². The highest BCUT2D eigenvalue weighted by Crippen LogP contribution is 2.14. The van der Waals surface area contributed by atoms with Crippen LogP contribution in [-0.4, -0.2) is 31.7 Å². The monoisotopic (exact) mass is 342 g/mol. The molecule has 2 heterocycles. The van der Waals surface area contributed by atoms with Gasteiger partial charge in [-0.2, -0.15) is 5.10 Å². The van der Waals surface area contributed by atoms with E-state index in [-0.39, 0.29) is 11.4 Å². The van der Waals surface area contributed by atoms with Gasteiger partial charge in [-0.3, -0.25) is 4.79 Å². The quantitative estimate of drug-likeness (QED) is 0.741. The normalized spacial score (nSPS) is 10.5. The fraction of sp³-hybridized carbons (Fsp3) is 0.125. The molecule has 0 aliphatic heterocycles. The summed E-state index contributed by atoms with van der Waals surface area (Å²) in [6.45, 7) is 2.21. The number of aromatic nitrogens is 3. The van der Waals surface area contributed by atoms with Crippen LogP contribution in [0.2, 0.25) is 0 Å². The summed E-state index contributed by atoms with van der Waals surface area (Å²) in [7, 11) is 0. The maximum absolute atomic E-state index is 12.5. The van der Waals surface area contributed by atoms with Crippen molar-refractivity contribution < 1.29 is 14.7 Å². The molecule has 0 bridgehead atoms. The molecular weight excluding hydrogens is 328 g/mol. The number of aryl methyl sites for hydroxylation is 1. The predicted molar refractivity (Wildman–Crippen MR) is 88.5 cm³/mol. The maximum Gasteiger partial charge on any atom is 0.356 e. The lowest BCUT2D eigenvalue weighted by Crippen LogP contribution is -2.25. The van der Waals surface area contributed by atoms with E-state index in [9.17, 15) is 9.59 Å². The number of rotatable bonds is 5. The first-order valence-corrected chi connectivity index (χ1v) is 7.94. The van der Waals surface area contributed by atoms with Crippen molar-refractivity contribution in [3.63, 3.8) is 0 Å². The Morgan fingerprint density at radius 2 is 2.04 bits per heavy atom. The zero-order valence-corrected chi connectivity index (χ0v) is 13.6. The van der Waals surface area contributed by atoms with Crippen molar-refractivity contribution in [1.29, 1.82) is 0 Å². The maximum atomic E-state index is 12.5. The van der Waals surface area contributed by atoms with Gasteiger partial charge in [-0.05, 0) is 19.1 Å². The Kier molecular flexibility index (Phi) is 4.39. The molecule has 0 radical (unpaired) electrons. The molecule has 3 aromatic rings. The minimum atomic E-state index is -1.18. The Hall–Kier alpha value is -3.00. The molecule has 0 aliphatic rings. The Labute approximate surface area is 141 Å². The standard InChI is InChI=1S/C16H14N4O3S/c1-10-17-8-12(24-10)9-18-15(21)14-7-13(16(22)23)19-20(14)11-5-3-2-4-6-11/h2-8H,9H2,1H3,(H,18,21)(H,22,23). The molecule has 0 fully saturated rings. The zero-order valence-electron chi connectivity index (χ0n) is 12.8. The number of carbonyl (C=O) groups is 2. The molecule has 122 valence electrons. The van der Waals surface area contributed by atoms with Crippen LogP contribution in [-0.2, 0) is 6.54 Å². The molecule has 0 aliphatic carbocycles. The summed E-state index contributed by atoms with van der Waals surface area (Å²) >= 11 is 1.49. The zero-order chi connectivity index (χ0) is 17.1. The van der Waals surface area contributed by atoms with Crippen molar-refractivity contribution in [2.24, 2.45) is 0 Å². The van der Waals surface area contributed by atoms with E-state index in [1.54, 1.807) is 30.5 Å². The number of thiazole rings is 1. The highest BCUT2D eigenvalue weighted by Gasteiger charge is 2.19. The number of carboxylic acids is 1. The van der Waals surface area contributed by atoms with Crippen molar-refractivity contribution in [3.05, 3.63) is 63.9 Å². The molecular formula is C16H14N4O3S. The molecule has 0 spiro atoms. The Morgan fingerprint density at radius 1 is 1.29 bits per heavy atom. The lowest BCUT2D eigenvalue weighted by atomic mass is 10.3. The van der Waals surface area contributed by atoms with Crippen LogP contribution in [0.1, 0.15) is 30.9 Å². The van der Waals surface area contributed by atoms with Gasteiger partial charge in [-0.15, -0.1) is 11.3 Å². The van der Waals surface area contributed by atoms with Gasteiger partial charge in [-0.25, -0.2) is 14.5 Å². The van der Waals surface area contributed by atoms with Crippen LogP contribution in [0, 0.1) is 6.92 Å². The van der Waals surface area contributed by atoms with E-state index in [0.29, 0.717) is 12.2 Å². The van der Waals surface area contributed by atoms with Gasteiger partial charge in [0.2, 0.25) is 0 Å². The van der Waals surface area contributed by atoms with Crippen LogP contribution < -0.4 is 5.32 Å². The SMILES string of the molecule is Cc1ncc(CNC(=O)c2cc(C(=O)O)nn2-c2ccccc2)s1. The summed E-state index contributed by atoms with van der Waals surface area (Å²) in [6.07, 6.45) is 1.71.